The minimum absolute atomic E-state index is 0.0168. The maximum absolute atomic E-state index is 13.9. The molecule has 0 radical (unpaired) electrons. The number of nitrogens with one attached hydrogen (secondary N) is 1. The minimum atomic E-state index is -0.293. The topological polar surface area (TPSA) is 71.1 Å². The van der Waals surface area contributed by atoms with Crippen LogP contribution in [-0.2, 0) is 16.0 Å². The molecule has 3 amide bonds. The van der Waals surface area contributed by atoms with Crippen LogP contribution in [0.3, 0.4) is 0 Å². The van der Waals surface area contributed by atoms with Crippen molar-refractivity contribution in [2.75, 3.05) is 38.2 Å². The Morgan fingerprint density at radius 1 is 1.10 bits per heavy atom. The van der Waals surface area contributed by atoms with E-state index >= 15 is 0 Å². The summed E-state index contributed by atoms with van der Waals surface area (Å²) in [6, 6.07) is 15.4. The SMILES string of the molecule is Cc1ccc(NC(=O)N(CC(=O)N2CCc3sccc3[C@@H]2COc2ccc(C)cc2C)C[C@@H]2CCCO2)cc1. The third kappa shape index (κ3) is 6.62. The van der Waals surface area contributed by atoms with E-state index in [1.165, 1.54) is 10.4 Å². The number of thiophene rings is 1. The average Bonchev–Trinajstić information content (AvgIpc) is 3.61. The van der Waals surface area contributed by atoms with Crippen LogP contribution in [-0.4, -0.2) is 60.7 Å². The highest BCUT2D eigenvalue weighted by molar-refractivity contribution is 7.10. The number of aryl methyl sites for hydroxylation is 3. The van der Waals surface area contributed by atoms with E-state index in [1.54, 1.807) is 16.2 Å². The first-order valence-electron chi connectivity index (χ1n) is 13.7. The summed E-state index contributed by atoms with van der Waals surface area (Å²) >= 11 is 1.73. The summed E-state index contributed by atoms with van der Waals surface area (Å²) < 4.78 is 12.1. The fourth-order valence-corrected chi connectivity index (χ4v) is 6.28. The van der Waals surface area contributed by atoms with Gasteiger partial charge in [0, 0.05) is 30.3 Å². The second-order valence-corrected chi connectivity index (χ2v) is 11.5. The zero-order valence-electron chi connectivity index (χ0n) is 22.9. The number of carbonyl (C=O) groups is 2. The molecule has 39 heavy (non-hydrogen) atoms. The van der Waals surface area contributed by atoms with Gasteiger partial charge in [0.1, 0.15) is 18.9 Å². The largest absolute Gasteiger partial charge is 0.491 e. The van der Waals surface area contributed by atoms with E-state index in [1.807, 2.05) is 55.1 Å². The van der Waals surface area contributed by atoms with E-state index in [0.29, 0.717) is 32.0 Å². The predicted molar refractivity (Wildman–Crippen MR) is 155 cm³/mol. The van der Waals surface area contributed by atoms with Gasteiger partial charge >= 0.3 is 6.03 Å². The first-order valence-corrected chi connectivity index (χ1v) is 14.6. The lowest BCUT2D eigenvalue weighted by molar-refractivity contribution is -0.135. The van der Waals surface area contributed by atoms with Gasteiger partial charge in [-0.3, -0.25) is 4.79 Å². The van der Waals surface area contributed by atoms with Crippen molar-refractivity contribution < 1.29 is 19.1 Å². The van der Waals surface area contributed by atoms with Gasteiger partial charge in [0.25, 0.3) is 0 Å². The quantitative estimate of drug-likeness (QED) is 0.382. The van der Waals surface area contributed by atoms with Gasteiger partial charge in [-0.05, 0) is 80.8 Å². The summed E-state index contributed by atoms with van der Waals surface area (Å²) in [4.78, 5) is 32.0. The molecular formula is C31H37N3O4S. The summed E-state index contributed by atoms with van der Waals surface area (Å²) in [5, 5.41) is 5.05. The van der Waals surface area contributed by atoms with Crippen molar-refractivity contribution in [3.05, 3.63) is 81.0 Å². The number of amides is 3. The Labute approximate surface area is 234 Å². The van der Waals surface area contributed by atoms with Gasteiger partial charge in [-0.1, -0.05) is 35.4 Å². The number of benzene rings is 2. The normalized spacial score (nSPS) is 18.5. The van der Waals surface area contributed by atoms with Crippen LogP contribution in [0.2, 0.25) is 0 Å². The Morgan fingerprint density at radius 3 is 2.64 bits per heavy atom. The fourth-order valence-electron chi connectivity index (χ4n) is 5.35. The molecule has 0 unspecified atom stereocenters. The molecule has 1 aromatic heterocycles. The second kappa shape index (κ2) is 12.2. The molecule has 0 bridgehead atoms. The number of hydrogen-bond donors (Lipinski definition) is 1. The molecule has 3 heterocycles. The van der Waals surface area contributed by atoms with E-state index in [4.69, 9.17) is 9.47 Å². The van der Waals surface area contributed by atoms with Crippen LogP contribution >= 0.6 is 11.3 Å². The smallest absolute Gasteiger partial charge is 0.322 e. The van der Waals surface area contributed by atoms with Crippen LogP contribution in [0, 0.1) is 20.8 Å². The third-order valence-corrected chi connectivity index (χ3v) is 8.50. The number of urea groups is 1. The van der Waals surface area contributed by atoms with E-state index in [-0.39, 0.29) is 30.6 Å². The molecule has 0 spiro atoms. The van der Waals surface area contributed by atoms with E-state index in [2.05, 4.69) is 29.8 Å². The Kier molecular flexibility index (Phi) is 8.53. The standard InChI is InChI=1S/C31H37N3O4S/c1-21-6-9-24(10-7-21)32-31(36)33(18-25-5-4-15-37-25)19-30(35)34-14-12-29-26(13-16-39-29)27(34)20-38-28-11-8-22(2)17-23(28)3/h6-11,13,16-17,25,27H,4-5,12,14-15,18-20H2,1-3H3,(H,32,36)/t25-,27-/m0/s1. The number of hydrogen-bond acceptors (Lipinski definition) is 5. The number of rotatable bonds is 8. The number of fused-ring (bicyclic) bond motifs is 1. The zero-order chi connectivity index (χ0) is 27.4. The van der Waals surface area contributed by atoms with Gasteiger partial charge < -0.3 is 24.6 Å². The lowest BCUT2D eigenvalue weighted by atomic mass is 10.00. The van der Waals surface area contributed by atoms with Gasteiger partial charge in [0.05, 0.1) is 12.1 Å². The highest BCUT2D eigenvalue weighted by Crippen LogP contribution is 2.34. The average molecular weight is 548 g/mol. The van der Waals surface area contributed by atoms with Crippen molar-refractivity contribution in [1.29, 1.82) is 0 Å². The van der Waals surface area contributed by atoms with Crippen molar-refractivity contribution >= 4 is 29.0 Å². The van der Waals surface area contributed by atoms with E-state index in [9.17, 15) is 9.59 Å². The molecule has 1 saturated heterocycles. The summed E-state index contributed by atoms with van der Waals surface area (Å²) in [7, 11) is 0. The van der Waals surface area contributed by atoms with Crippen LogP contribution in [0.1, 0.15) is 46.0 Å². The van der Waals surface area contributed by atoms with Crippen LogP contribution in [0.5, 0.6) is 5.75 Å². The zero-order valence-corrected chi connectivity index (χ0v) is 23.8. The van der Waals surface area contributed by atoms with Crippen LogP contribution < -0.4 is 10.1 Å². The first kappa shape index (κ1) is 27.2. The molecule has 5 rings (SSSR count). The molecule has 7 nitrogen and oxygen atoms in total. The summed E-state index contributed by atoms with van der Waals surface area (Å²) in [5.41, 5.74) is 5.22. The molecule has 1 fully saturated rings. The molecule has 2 aliphatic rings. The van der Waals surface area contributed by atoms with E-state index in [0.717, 1.165) is 41.7 Å². The number of nitrogens with zero attached hydrogens (tertiary/aromatic N) is 2. The molecular weight excluding hydrogens is 510 g/mol. The van der Waals surface area contributed by atoms with Crippen LogP contribution in [0.4, 0.5) is 10.5 Å². The molecule has 0 saturated carbocycles. The molecule has 2 aromatic carbocycles. The number of anilines is 1. The molecule has 2 atom stereocenters. The van der Waals surface area contributed by atoms with Crippen LogP contribution in [0.25, 0.3) is 0 Å². The highest BCUT2D eigenvalue weighted by Gasteiger charge is 2.34. The summed E-state index contributed by atoms with van der Waals surface area (Å²) in [6.07, 6.45) is 2.60. The molecule has 1 N–H and O–H groups in total. The van der Waals surface area contributed by atoms with Crippen molar-refractivity contribution in [1.82, 2.24) is 9.80 Å². The Hall–Kier alpha value is -3.36. The van der Waals surface area contributed by atoms with Gasteiger partial charge in [-0.25, -0.2) is 4.79 Å². The Morgan fingerprint density at radius 2 is 1.90 bits per heavy atom. The first-order chi connectivity index (χ1) is 18.9. The van der Waals surface area contributed by atoms with Crippen molar-refractivity contribution in [3.63, 3.8) is 0 Å². The lowest BCUT2D eigenvalue weighted by Crippen LogP contribution is -2.50. The molecule has 2 aliphatic heterocycles. The van der Waals surface area contributed by atoms with E-state index < -0.39 is 0 Å². The monoisotopic (exact) mass is 547 g/mol. The van der Waals surface area contributed by atoms with Crippen molar-refractivity contribution in [2.24, 2.45) is 0 Å². The maximum Gasteiger partial charge on any atom is 0.322 e. The number of ether oxygens (including phenoxy) is 2. The highest BCUT2D eigenvalue weighted by atomic mass is 32.1. The Balaban J connectivity index is 1.32. The van der Waals surface area contributed by atoms with Gasteiger partial charge in [-0.2, -0.15) is 0 Å². The van der Waals surface area contributed by atoms with Gasteiger partial charge in [0.2, 0.25) is 5.91 Å². The van der Waals surface area contributed by atoms with Crippen molar-refractivity contribution in [2.45, 2.75) is 52.2 Å². The Bertz CT molecular complexity index is 1300. The minimum Gasteiger partial charge on any atom is -0.491 e. The third-order valence-electron chi connectivity index (χ3n) is 7.51. The summed E-state index contributed by atoms with van der Waals surface area (Å²) in [5.74, 6) is 0.742. The molecule has 3 aromatic rings. The lowest BCUT2D eigenvalue weighted by Gasteiger charge is -2.37. The predicted octanol–water partition coefficient (Wildman–Crippen LogP) is 5.89. The van der Waals surface area contributed by atoms with Crippen molar-refractivity contribution in [3.8, 4) is 5.75 Å². The fraction of sp³-hybridized carbons (Fsp3) is 0.419. The van der Waals surface area contributed by atoms with Crippen LogP contribution in [0.15, 0.2) is 53.9 Å². The second-order valence-electron chi connectivity index (χ2n) is 10.5. The van der Waals surface area contributed by atoms with Gasteiger partial charge in [0.15, 0.2) is 0 Å². The summed E-state index contributed by atoms with van der Waals surface area (Å²) in [6.45, 7) is 8.12. The molecule has 8 heteroatoms. The number of carbonyl (C=O) groups excluding carboxylic acids is 2. The van der Waals surface area contributed by atoms with Gasteiger partial charge in [-0.15, -0.1) is 11.3 Å². The molecule has 206 valence electrons. The maximum atomic E-state index is 13.9. The molecule has 0 aliphatic carbocycles.